The van der Waals surface area contributed by atoms with Gasteiger partial charge in [-0.05, 0) is 31.4 Å². The van der Waals surface area contributed by atoms with E-state index in [0.29, 0.717) is 13.2 Å². The highest BCUT2D eigenvalue weighted by Gasteiger charge is 2.11. The van der Waals surface area contributed by atoms with Gasteiger partial charge in [0.2, 0.25) is 0 Å². The quantitative estimate of drug-likeness (QED) is 0.683. The van der Waals surface area contributed by atoms with Crippen LogP contribution in [-0.2, 0) is 11.3 Å². The van der Waals surface area contributed by atoms with Crippen LogP contribution in [0.4, 0.5) is 0 Å². The van der Waals surface area contributed by atoms with Crippen molar-refractivity contribution in [3.8, 4) is 11.3 Å². The Morgan fingerprint density at radius 1 is 1.33 bits per heavy atom. The summed E-state index contributed by atoms with van der Waals surface area (Å²) in [6.45, 7) is 5.44. The van der Waals surface area contributed by atoms with E-state index in [2.05, 4.69) is 32.3 Å². The molecule has 3 aromatic rings. The van der Waals surface area contributed by atoms with Crippen LogP contribution in [-0.4, -0.2) is 21.4 Å². The zero-order valence-corrected chi connectivity index (χ0v) is 13.7. The van der Waals surface area contributed by atoms with Crippen LogP contribution in [0.3, 0.4) is 0 Å². The van der Waals surface area contributed by atoms with Crippen molar-refractivity contribution in [1.29, 1.82) is 0 Å². The summed E-state index contributed by atoms with van der Waals surface area (Å²) in [6.07, 6.45) is 2.06. The Balaban J connectivity index is 1.70. The van der Waals surface area contributed by atoms with E-state index in [1.54, 1.807) is 22.7 Å². The lowest BCUT2D eigenvalue weighted by atomic mass is 10.2. The van der Waals surface area contributed by atoms with E-state index in [0.717, 1.165) is 16.4 Å². The molecule has 0 unspecified atom stereocenters. The van der Waals surface area contributed by atoms with E-state index >= 15 is 0 Å². The van der Waals surface area contributed by atoms with Crippen LogP contribution in [0.25, 0.3) is 11.3 Å². The molecule has 0 saturated carbocycles. The summed E-state index contributed by atoms with van der Waals surface area (Å²) in [5.74, 6) is 0. The zero-order valence-electron chi connectivity index (χ0n) is 12.0. The van der Waals surface area contributed by atoms with Crippen LogP contribution in [0.5, 0.6) is 0 Å². The Kier molecular flexibility index (Phi) is 4.48. The topological polar surface area (TPSA) is 39.9 Å². The van der Waals surface area contributed by atoms with E-state index in [-0.39, 0.29) is 6.10 Å². The molecule has 0 aliphatic carbocycles. The van der Waals surface area contributed by atoms with Crippen molar-refractivity contribution in [1.82, 2.24) is 14.8 Å². The first kappa shape index (κ1) is 14.4. The van der Waals surface area contributed by atoms with Gasteiger partial charge in [0.15, 0.2) is 0 Å². The minimum atomic E-state index is 0.0627. The molecule has 3 aromatic heterocycles. The third-order valence-corrected chi connectivity index (χ3v) is 4.85. The molecule has 0 saturated heterocycles. The van der Waals surface area contributed by atoms with Crippen LogP contribution in [0, 0.1) is 0 Å². The monoisotopic (exact) mass is 319 g/mol. The van der Waals surface area contributed by atoms with Gasteiger partial charge in [0.05, 0.1) is 17.9 Å². The smallest absolute Gasteiger partial charge is 0.122 e. The fraction of sp³-hybridized carbons (Fsp3) is 0.333. The van der Waals surface area contributed by atoms with Gasteiger partial charge in [-0.25, -0.2) is 4.98 Å². The first-order valence-corrected chi connectivity index (χ1v) is 8.70. The van der Waals surface area contributed by atoms with Crippen LogP contribution < -0.4 is 0 Å². The van der Waals surface area contributed by atoms with E-state index in [1.165, 1.54) is 5.56 Å². The number of rotatable bonds is 6. The highest BCUT2D eigenvalue weighted by atomic mass is 32.1. The van der Waals surface area contributed by atoms with Gasteiger partial charge >= 0.3 is 0 Å². The average molecular weight is 319 g/mol. The maximum absolute atomic E-state index is 5.57. The summed E-state index contributed by atoms with van der Waals surface area (Å²) in [5, 5.41) is 11.9. The number of hydrogen-bond acceptors (Lipinski definition) is 5. The molecule has 4 nitrogen and oxygen atoms in total. The van der Waals surface area contributed by atoms with Crippen molar-refractivity contribution < 1.29 is 4.74 Å². The average Bonchev–Trinajstić information content (AvgIpc) is 3.20. The van der Waals surface area contributed by atoms with Gasteiger partial charge in [0, 0.05) is 29.1 Å². The number of aromatic nitrogens is 3. The van der Waals surface area contributed by atoms with Crippen LogP contribution in [0.1, 0.15) is 30.7 Å². The predicted molar refractivity (Wildman–Crippen MR) is 86.8 cm³/mol. The molecule has 0 aliphatic heterocycles. The number of ether oxygens (including phenoxy) is 1. The second-order valence-corrected chi connectivity index (χ2v) is 6.35. The third-order valence-electron chi connectivity index (χ3n) is 3.12. The standard InChI is InChI=1S/C15H17N3OS2/c1-3-19-11(2)15-16-13(10-21-15)8-18-6-4-14(17-18)12-5-7-20-9-12/h4-7,9-11H,3,8H2,1-2H3/t11-/m1/s1. The highest BCUT2D eigenvalue weighted by molar-refractivity contribution is 7.09. The molecule has 6 heteroatoms. The molecule has 1 atom stereocenters. The number of nitrogens with zero attached hydrogens (tertiary/aromatic N) is 3. The first-order valence-electron chi connectivity index (χ1n) is 6.88. The number of thiophene rings is 1. The van der Waals surface area contributed by atoms with Crippen molar-refractivity contribution in [3.05, 3.63) is 45.2 Å². The Bertz CT molecular complexity index is 687. The number of hydrogen-bond donors (Lipinski definition) is 0. The molecule has 0 aliphatic rings. The fourth-order valence-electron chi connectivity index (χ4n) is 2.08. The van der Waals surface area contributed by atoms with Gasteiger partial charge in [-0.3, -0.25) is 4.68 Å². The summed E-state index contributed by atoms with van der Waals surface area (Å²) in [6, 6.07) is 4.13. The molecule has 0 spiro atoms. The van der Waals surface area contributed by atoms with Gasteiger partial charge in [0.25, 0.3) is 0 Å². The zero-order chi connectivity index (χ0) is 14.7. The van der Waals surface area contributed by atoms with Crippen LogP contribution in [0.2, 0.25) is 0 Å². The Morgan fingerprint density at radius 3 is 3.00 bits per heavy atom. The maximum Gasteiger partial charge on any atom is 0.122 e. The molecule has 0 radical (unpaired) electrons. The first-order chi connectivity index (χ1) is 10.3. The summed E-state index contributed by atoms with van der Waals surface area (Å²) in [7, 11) is 0. The fourth-order valence-corrected chi connectivity index (χ4v) is 3.55. The molecule has 0 N–H and O–H groups in total. The summed E-state index contributed by atoms with van der Waals surface area (Å²) >= 11 is 3.33. The molecule has 110 valence electrons. The lowest BCUT2D eigenvalue weighted by Crippen LogP contribution is -2.03. The van der Waals surface area contributed by atoms with Crippen LogP contribution in [0.15, 0.2) is 34.5 Å². The summed E-state index contributed by atoms with van der Waals surface area (Å²) < 4.78 is 7.50. The Morgan fingerprint density at radius 2 is 2.24 bits per heavy atom. The second-order valence-electron chi connectivity index (χ2n) is 4.69. The number of thiazole rings is 1. The molecular weight excluding hydrogens is 302 g/mol. The SMILES string of the molecule is CCO[C@H](C)c1nc(Cn2ccc(-c3ccsc3)n2)cs1. The predicted octanol–water partition coefficient (Wildman–Crippen LogP) is 4.21. The normalized spacial score (nSPS) is 12.7. The lowest BCUT2D eigenvalue weighted by molar-refractivity contribution is 0.0761. The second kappa shape index (κ2) is 6.51. The molecule has 0 fully saturated rings. The molecule has 3 rings (SSSR count). The highest BCUT2D eigenvalue weighted by Crippen LogP contribution is 2.22. The Labute approximate surface area is 132 Å². The van der Waals surface area contributed by atoms with E-state index in [1.807, 2.05) is 30.8 Å². The van der Waals surface area contributed by atoms with Crippen LogP contribution >= 0.6 is 22.7 Å². The molecule has 3 heterocycles. The molecule has 0 bridgehead atoms. The maximum atomic E-state index is 5.57. The summed E-state index contributed by atoms with van der Waals surface area (Å²) in [5.41, 5.74) is 3.21. The van der Waals surface area contributed by atoms with Gasteiger partial charge in [0.1, 0.15) is 11.1 Å². The summed E-state index contributed by atoms with van der Waals surface area (Å²) in [4.78, 5) is 4.63. The minimum absolute atomic E-state index is 0.0627. The van der Waals surface area contributed by atoms with Crippen molar-refractivity contribution >= 4 is 22.7 Å². The van der Waals surface area contributed by atoms with E-state index < -0.39 is 0 Å². The Hall–Kier alpha value is -1.50. The minimum Gasteiger partial charge on any atom is -0.372 e. The van der Waals surface area contributed by atoms with Crippen molar-refractivity contribution in [2.75, 3.05) is 6.61 Å². The molecular formula is C15H17N3OS2. The molecule has 21 heavy (non-hydrogen) atoms. The van der Waals surface area contributed by atoms with Crippen molar-refractivity contribution in [2.24, 2.45) is 0 Å². The van der Waals surface area contributed by atoms with E-state index in [9.17, 15) is 0 Å². The molecule has 0 aromatic carbocycles. The van der Waals surface area contributed by atoms with Gasteiger partial charge in [-0.1, -0.05) is 0 Å². The van der Waals surface area contributed by atoms with E-state index in [4.69, 9.17) is 4.74 Å². The van der Waals surface area contributed by atoms with Crippen molar-refractivity contribution in [2.45, 2.75) is 26.5 Å². The lowest BCUT2D eigenvalue weighted by Gasteiger charge is -2.06. The third kappa shape index (κ3) is 3.40. The molecule has 0 amide bonds. The van der Waals surface area contributed by atoms with Gasteiger partial charge in [-0.2, -0.15) is 16.4 Å². The van der Waals surface area contributed by atoms with Gasteiger partial charge in [-0.15, -0.1) is 11.3 Å². The van der Waals surface area contributed by atoms with Gasteiger partial charge < -0.3 is 4.74 Å². The van der Waals surface area contributed by atoms with Crippen molar-refractivity contribution in [3.63, 3.8) is 0 Å². The largest absolute Gasteiger partial charge is 0.372 e.